The monoisotopic (exact) mass is 759 g/mol. The number of hydrogen-bond donors (Lipinski definition) is 1. The lowest BCUT2D eigenvalue weighted by atomic mass is 10.2. The third-order valence-corrected chi connectivity index (χ3v) is 7.11. The van der Waals surface area contributed by atoms with Crippen molar-refractivity contribution in [3.05, 3.63) is 36.5 Å². The van der Waals surface area contributed by atoms with E-state index in [9.17, 15) is 52.7 Å². The molecular weight excluding hydrogens is 714 g/mol. The molecule has 19 heteroatoms. The van der Waals surface area contributed by atoms with Crippen molar-refractivity contribution in [1.29, 1.82) is 0 Å². The van der Waals surface area contributed by atoms with Gasteiger partial charge in [0.2, 0.25) is 11.8 Å². The van der Waals surface area contributed by atoms with Gasteiger partial charge in [0.25, 0.3) is 35.4 Å². The van der Waals surface area contributed by atoms with E-state index in [1.54, 1.807) is 41.5 Å². The number of aliphatic carboxylic acids is 1. The molecule has 0 aliphatic carbocycles. The molecule has 3 rings (SSSR count). The number of rotatable bonds is 15. The maximum absolute atomic E-state index is 13.5. The van der Waals surface area contributed by atoms with Crippen LogP contribution in [-0.2, 0) is 62.2 Å². The molecule has 3 heterocycles. The predicted molar refractivity (Wildman–Crippen MR) is 183 cm³/mol. The van der Waals surface area contributed by atoms with E-state index in [0.717, 1.165) is 61.2 Å². The highest BCUT2D eigenvalue weighted by Crippen LogP contribution is 2.16. The SMILES string of the molecule is CC(C)(C)OC(=O)CCN(C(=O)CCN1C(=O)C=CC1=O)N(CCC(=O)OC(C)(C)C)C(=O)CCN1C(=O)C=CC1=O.O=C(O)CCN1C(=O)C=CC1=O. The number of carboxylic acids is 1. The van der Waals surface area contributed by atoms with Gasteiger partial charge >= 0.3 is 17.9 Å². The first-order chi connectivity index (χ1) is 25.0. The van der Waals surface area contributed by atoms with Gasteiger partial charge in [-0.05, 0) is 41.5 Å². The van der Waals surface area contributed by atoms with Gasteiger partial charge in [-0.15, -0.1) is 0 Å². The van der Waals surface area contributed by atoms with Crippen LogP contribution in [0.1, 0.15) is 73.6 Å². The fraction of sp³-hybridized carbons (Fsp3) is 0.514. The summed E-state index contributed by atoms with van der Waals surface area (Å²) in [5.41, 5.74) is -1.63. The summed E-state index contributed by atoms with van der Waals surface area (Å²) in [7, 11) is 0. The molecule has 3 aliphatic heterocycles. The van der Waals surface area contributed by atoms with Gasteiger partial charge in [0.1, 0.15) is 11.2 Å². The summed E-state index contributed by atoms with van der Waals surface area (Å²) >= 11 is 0. The Morgan fingerprint density at radius 3 is 1.00 bits per heavy atom. The fourth-order valence-electron chi connectivity index (χ4n) is 4.77. The van der Waals surface area contributed by atoms with Crippen molar-refractivity contribution < 1.29 is 67.3 Å². The van der Waals surface area contributed by atoms with Crippen LogP contribution in [0.3, 0.4) is 0 Å². The van der Waals surface area contributed by atoms with Gasteiger partial charge in [-0.25, -0.2) is 0 Å². The zero-order chi connectivity index (χ0) is 41.0. The Morgan fingerprint density at radius 1 is 0.500 bits per heavy atom. The van der Waals surface area contributed by atoms with Gasteiger partial charge in [0, 0.05) is 68.9 Å². The van der Waals surface area contributed by atoms with Crippen molar-refractivity contribution in [3.63, 3.8) is 0 Å². The van der Waals surface area contributed by atoms with E-state index in [1.807, 2.05) is 0 Å². The highest BCUT2D eigenvalue weighted by molar-refractivity contribution is 6.14. The van der Waals surface area contributed by atoms with Crippen LogP contribution in [0.2, 0.25) is 0 Å². The quantitative estimate of drug-likeness (QED) is 0.132. The fourth-order valence-corrected chi connectivity index (χ4v) is 4.77. The molecule has 8 amide bonds. The summed E-state index contributed by atoms with van der Waals surface area (Å²) in [6, 6.07) is 0. The highest BCUT2D eigenvalue weighted by atomic mass is 16.6. The molecule has 294 valence electrons. The van der Waals surface area contributed by atoms with Crippen molar-refractivity contribution in [2.45, 2.75) is 84.8 Å². The smallest absolute Gasteiger partial charge is 0.308 e. The molecule has 0 radical (unpaired) electrons. The number of esters is 2. The highest BCUT2D eigenvalue weighted by Gasteiger charge is 2.32. The van der Waals surface area contributed by atoms with Gasteiger partial charge in [-0.2, -0.15) is 0 Å². The lowest BCUT2D eigenvalue weighted by Crippen LogP contribution is -2.52. The van der Waals surface area contributed by atoms with E-state index < -0.39 is 89.2 Å². The Morgan fingerprint density at radius 2 is 0.759 bits per heavy atom. The normalized spacial score (nSPS) is 15.2. The van der Waals surface area contributed by atoms with E-state index in [4.69, 9.17) is 14.6 Å². The van der Waals surface area contributed by atoms with Crippen LogP contribution in [0.5, 0.6) is 0 Å². The molecule has 0 spiro atoms. The van der Waals surface area contributed by atoms with E-state index in [2.05, 4.69) is 0 Å². The zero-order valence-electron chi connectivity index (χ0n) is 31.0. The van der Waals surface area contributed by atoms with Crippen LogP contribution in [0.25, 0.3) is 0 Å². The van der Waals surface area contributed by atoms with Gasteiger partial charge in [0.15, 0.2) is 0 Å². The Labute approximate surface area is 311 Å². The number of ether oxygens (including phenoxy) is 2. The first kappa shape index (κ1) is 44.2. The number of imide groups is 3. The number of carboxylic acid groups (broad SMARTS) is 1. The standard InChI is InChI=1S/C28H38N4O10.C7H7NO4/c1-27(2,3)41-25(39)13-17-31(23(37)11-15-29-19(33)7-8-20(29)34)32(18-14-26(40)42-28(4,5)6)24(38)12-16-30-21(35)9-10-22(30)36;9-5-1-2-6(10)8(5)4-3-7(11)12/h7-10H,11-18H2,1-6H3;1-2H,3-4H2,(H,11,12). The van der Waals surface area contributed by atoms with Crippen molar-refractivity contribution >= 4 is 65.2 Å². The second-order valence-electron chi connectivity index (χ2n) is 13.8. The van der Waals surface area contributed by atoms with Crippen molar-refractivity contribution in [3.8, 4) is 0 Å². The summed E-state index contributed by atoms with van der Waals surface area (Å²) in [4.78, 5) is 134. The summed E-state index contributed by atoms with van der Waals surface area (Å²) in [5.74, 6) is -7.07. The van der Waals surface area contributed by atoms with E-state index in [1.165, 1.54) is 0 Å². The molecule has 3 aliphatic rings. The molecule has 0 saturated heterocycles. The van der Waals surface area contributed by atoms with Crippen molar-refractivity contribution in [2.24, 2.45) is 0 Å². The average molecular weight is 760 g/mol. The van der Waals surface area contributed by atoms with E-state index in [0.29, 0.717) is 0 Å². The Balaban J connectivity index is 0.000000709. The minimum absolute atomic E-state index is 0.0556. The number of carbonyl (C=O) groups is 11. The molecule has 0 fully saturated rings. The van der Waals surface area contributed by atoms with Crippen LogP contribution in [-0.4, -0.2) is 139 Å². The van der Waals surface area contributed by atoms with Gasteiger partial charge in [0.05, 0.1) is 32.4 Å². The molecule has 0 unspecified atom stereocenters. The molecule has 0 aromatic rings. The largest absolute Gasteiger partial charge is 0.481 e. The first-order valence-electron chi connectivity index (χ1n) is 16.9. The molecule has 0 bridgehead atoms. The summed E-state index contributed by atoms with van der Waals surface area (Å²) < 4.78 is 10.6. The topological polar surface area (TPSA) is 243 Å². The van der Waals surface area contributed by atoms with Crippen LogP contribution in [0.15, 0.2) is 36.5 Å². The number of hydrogen-bond acceptors (Lipinski definition) is 13. The number of amides is 8. The predicted octanol–water partition coefficient (Wildman–Crippen LogP) is 0.0385. The van der Waals surface area contributed by atoms with Crippen LogP contribution in [0, 0.1) is 0 Å². The average Bonchev–Trinajstić information content (AvgIpc) is 3.67. The second-order valence-corrected chi connectivity index (χ2v) is 13.8. The molecule has 0 saturated carbocycles. The van der Waals surface area contributed by atoms with E-state index in [-0.39, 0.29) is 52.0 Å². The Hall–Kier alpha value is -6.01. The molecule has 0 aromatic heterocycles. The van der Waals surface area contributed by atoms with Gasteiger partial charge in [-0.3, -0.25) is 77.5 Å². The molecular formula is C35H45N5O14. The first-order valence-corrected chi connectivity index (χ1v) is 16.9. The number of nitrogens with zero attached hydrogens (tertiary/aromatic N) is 5. The van der Waals surface area contributed by atoms with E-state index >= 15 is 0 Å². The Kier molecular flexibility index (Phi) is 15.7. The van der Waals surface area contributed by atoms with Gasteiger partial charge < -0.3 is 14.6 Å². The number of hydrazine groups is 1. The van der Waals surface area contributed by atoms with Crippen LogP contribution >= 0.6 is 0 Å². The second kappa shape index (κ2) is 19.2. The summed E-state index contributed by atoms with van der Waals surface area (Å²) in [5, 5.41) is 10.2. The molecule has 54 heavy (non-hydrogen) atoms. The molecule has 19 nitrogen and oxygen atoms in total. The lowest BCUT2D eigenvalue weighted by molar-refractivity contribution is -0.171. The van der Waals surface area contributed by atoms with Crippen LogP contribution < -0.4 is 0 Å². The van der Waals surface area contributed by atoms with Crippen LogP contribution in [0.4, 0.5) is 0 Å². The molecule has 1 N–H and O–H groups in total. The Bertz CT molecular complexity index is 1500. The lowest BCUT2D eigenvalue weighted by Gasteiger charge is -2.36. The minimum Gasteiger partial charge on any atom is -0.481 e. The summed E-state index contributed by atoms with van der Waals surface area (Å²) in [6.45, 7) is 8.68. The van der Waals surface area contributed by atoms with Crippen molar-refractivity contribution in [2.75, 3.05) is 32.7 Å². The maximum Gasteiger partial charge on any atom is 0.308 e. The maximum atomic E-state index is 13.5. The minimum atomic E-state index is -1.03. The third kappa shape index (κ3) is 14.5. The summed E-state index contributed by atoms with van der Waals surface area (Å²) in [6.07, 6.45) is 4.89. The zero-order valence-corrected chi connectivity index (χ0v) is 31.0. The number of carbonyl (C=O) groups excluding carboxylic acids is 10. The third-order valence-electron chi connectivity index (χ3n) is 7.11. The van der Waals surface area contributed by atoms with Gasteiger partial charge in [-0.1, -0.05) is 0 Å². The molecule has 0 aromatic carbocycles. The molecule has 0 atom stereocenters. The van der Waals surface area contributed by atoms with Crippen molar-refractivity contribution in [1.82, 2.24) is 24.7 Å².